The van der Waals surface area contributed by atoms with Crippen LogP contribution in [-0.4, -0.2) is 29.9 Å². The highest BCUT2D eigenvalue weighted by Crippen LogP contribution is 2.26. The van der Waals surface area contributed by atoms with E-state index in [1.165, 1.54) is 0 Å². The number of nitrogens with two attached hydrogens (primary N) is 1. The molecule has 21 heavy (non-hydrogen) atoms. The van der Waals surface area contributed by atoms with E-state index in [1.807, 2.05) is 36.1 Å². The third-order valence-corrected chi connectivity index (χ3v) is 4.75. The van der Waals surface area contributed by atoms with Gasteiger partial charge in [-0.05, 0) is 49.9 Å². The first-order chi connectivity index (χ1) is 10.0. The van der Waals surface area contributed by atoms with Crippen molar-refractivity contribution >= 4 is 32.8 Å². The second-order valence-corrected chi connectivity index (χ2v) is 6.70. The molecule has 1 fully saturated rings. The maximum atomic E-state index is 12.5. The van der Waals surface area contributed by atoms with Crippen molar-refractivity contribution in [3.05, 3.63) is 34.5 Å². The highest BCUT2D eigenvalue weighted by Gasteiger charge is 2.27. The number of furan rings is 1. The van der Waals surface area contributed by atoms with Crippen molar-refractivity contribution in [2.75, 3.05) is 13.1 Å². The molecule has 1 aromatic carbocycles. The average Bonchev–Trinajstić information content (AvgIpc) is 2.89. The highest BCUT2D eigenvalue weighted by atomic mass is 79.9. The first-order valence-corrected chi connectivity index (χ1v) is 8.08. The number of benzene rings is 1. The highest BCUT2D eigenvalue weighted by molar-refractivity contribution is 9.10. The van der Waals surface area contributed by atoms with E-state index in [9.17, 15) is 4.79 Å². The fourth-order valence-electron chi connectivity index (χ4n) is 2.90. The van der Waals surface area contributed by atoms with Gasteiger partial charge < -0.3 is 15.1 Å². The second-order valence-electron chi connectivity index (χ2n) is 5.78. The van der Waals surface area contributed by atoms with Crippen molar-refractivity contribution < 1.29 is 9.21 Å². The largest absolute Gasteiger partial charge is 0.451 e. The molecule has 0 spiro atoms. The maximum Gasteiger partial charge on any atom is 0.289 e. The molecule has 2 aromatic rings. The summed E-state index contributed by atoms with van der Waals surface area (Å²) in [6, 6.07) is 7.76. The van der Waals surface area contributed by atoms with E-state index in [-0.39, 0.29) is 11.9 Å². The number of nitrogens with zero attached hydrogens (tertiary/aromatic N) is 1. The number of hydrogen-bond donors (Lipinski definition) is 1. The lowest BCUT2D eigenvalue weighted by molar-refractivity contribution is 0.0651. The molecule has 1 aromatic heterocycles. The van der Waals surface area contributed by atoms with Crippen LogP contribution < -0.4 is 5.73 Å². The van der Waals surface area contributed by atoms with E-state index in [4.69, 9.17) is 10.2 Å². The van der Waals surface area contributed by atoms with Crippen molar-refractivity contribution in [3.63, 3.8) is 0 Å². The molecule has 1 aliphatic heterocycles. The Balaban J connectivity index is 1.75. The van der Waals surface area contributed by atoms with Crippen LogP contribution in [0.5, 0.6) is 0 Å². The minimum Gasteiger partial charge on any atom is -0.451 e. The molecule has 1 amide bonds. The van der Waals surface area contributed by atoms with Crippen LogP contribution >= 0.6 is 15.9 Å². The average molecular weight is 351 g/mol. The van der Waals surface area contributed by atoms with Gasteiger partial charge in [-0.3, -0.25) is 4.79 Å². The van der Waals surface area contributed by atoms with Gasteiger partial charge in [-0.25, -0.2) is 0 Å². The number of carbonyl (C=O) groups is 1. The number of hydrogen-bond acceptors (Lipinski definition) is 3. The van der Waals surface area contributed by atoms with Crippen LogP contribution in [0.15, 0.2) is 33.2 Å². The van der Waals surface area contributed by atoms with Crippen LogP contribution in [0.2, 0.25) is 0 Å². The van der Waals surface area contributed by atoms with Crippen molar-refractivity contribution in [3.8, 4) is 0 Å². The van der Waals surface area contributed by atoms with E-state index in [1.54, 1.807) is 0 Å². The van der Waals surface area contributed by atoms with Gasteiger partial charge in [0.05, 0.1) is 0 Å². The predicted molar refractivity (Wildman–Crippen MR) is 86.2 cm³/mol. The van der Waals surface area contributed by atoms with Gasteiger partial charge >= 0.3 is 0 Å². The fraction of sp³-hybridized carbons (Fsp3) is 0.438. The standard InChI is InChI=1S/C16H19BrN2O2/c1-10(18)11-4-6-19(7-5-11)16(20)15-9-12-8-13(17)2-3-14(12)21-15/h2-3,8-11H,4-7,18H2,1H3. The zero-order chi connectivity index (χ0) is 15.0. The smallest absolute Gasteiger partial charge is 0.289 e. The molecule has 0 radical (unpaired) electrons. The fourth-order valence-corrected chi connectivity index (χ4v) is 3.28. The zero-order valence-corrected chi connectivity index (χ0v) is 13.6. The number of likely N-dealkylation sites (tertiary alicyclic amines) is 1. The van der Waals surface area contributed by atoms with Gasteiger partial charge in [0.2, 0.25) is 0 Å². The maximum absolute atomic E-state index is 12.5. The van der Waals surface area contributed by atoms with Crippen LogP contribution in [0.4, 0.5) is 0 Å². The summed E-state index contributed by atoms with van der Waals surface area (Å²) in [5.74, 6) is 0.911. The Morgan fingerprint density at radius 2 is 2.10 bits per heavy atom. The molecule has 5 heteroatoms. The van der Waals surface area contributed by atoms with Gasteiger partial charge in [-0.15, -0.1) is 0 Å². The molecule has 0 bridgehead atoms. The summed E-state index contributed by atoms with van der Waals surface area (Å²) in [5, 5.41) is 0.943. The van der Waals surface area contributed by atoms with E-state index in [0.29, 0.717) is 11.7 Å². The monoisotopic (exact) mass is 350 g/mol. The number of carbonyl (C=O) groups excluding carboxylic acids is 1. The summed E-state index contributed by atoms with van der Waals surface area (Å²) in [7, 11) is 0. The molecule has 1 aliphatic rings. The lowest BCUT2D eigenvalue weighted by Crippen LogP contribution is -2.42. The van der Waals surface area contributed by atoms with Crippen molar-refractivity contribution in [1.29, 1.82) is 0 Å². The van der Waals surface area contributed by atoms with E-state index >= 15 is 0 Å². The number of rotatable bonds is 2. The first kappa shape index (κ1) is 14.6. The molecule has 4 nitrogen and oxygen atoms in total. The zero-order valence-electron chi connectivity index (χ0n) is 12.0. The van der Waals surface area contributed by atoms with Gasteiger partial charge in [-0.1, -0.05) is 15.9 Å². The third kappa shape index (κ3) is 2.99. The minimum atomic E-state index is -0.0227. The normalized spacial score (nSPS) is 18.1. The van der Waals surface area contributed by atoms with Crippen molar-refractivity contribution in [2.24, 2.45) is 11.7 Å². The number of fused-ring (bicyclic) bond motifs is 1. The lowest BCUT2D eigenvalue weighted by atomic mass is 9.91. The van der Waals surface area contributed by atoms with Crippen molar-refractivity contribution in [1.82, 2.24) is 4.90 Å². The van der Waals surface area contributed by atoms with Crippen LogP contribution in [0.3, 0.4) is 0 Å². The molecule has 2 N–H and O–H groups in total. The molecule has 1 saturated heterocycles. The Morgan fingerprint density at radius 1 is 1.38 bits per heavy atom. The molecule has 0 aliphatic carbocycles. The predicted octanol–water partition coefficient (Wildman–Crippen LogP) is 3.39. The number of halogens is 1. The summed E-state index contributed by atoms with van der Waals surface area (Å²) < 4.78 is 6.65. The molecular formula is C16H19BrN2O2. The molecule has 1 atom stereocenters. The third-order valence-electron chi connectivity index (χ3n) is 4.26. The van der Waals surface area contributed by atoms with Crippen LogP contribution in [0.1, 0.15) is 30.3 Å². The summed E-state index contributed by atoms with van der Waals surface area (Å²) in [6.07, 6.45) is 1.93. The van der Waals surface area contributed by atoms with Crippen LogP contribution in [-0.2, 0) is 0 Å². The van der Waals surface area contributed by atoms with Gasteiger partial charge in [0.15, 0.2) is 5.76 Å². The van der Waals surface area contributed by atoms with Crippen molar-refractivity contribution in [2.45, 2.75) is 25.8 Å². The first-order valence-electron chi connectivity index (χ1n) is 7.28. The van der Waals surface area contributed by atoms with Gasteiger partial charge in [0.1, 0.15) is 5.58 Å². The molecule has 1 unspecified atom stereocenters. The quantitative estimate of drug-likeness (QED) is 0.902. The van der Waals surface area contributed by atoms with Crippen LogP contribution in [0, 0.1) is 5.92 Å². The Kier molecular flexibility index (Phi) is 4.04. The molecular weight excluding hydrogens is 332 g/mol. The Morgan fingerprint density at radius 3 is 2.76 bits per heavy atom. The number of amides is 1. The molecule has 3 rings (SSSR count). The summed E-state index contributed by atoms with van der Waals surface area (Å²) in [6.45, 7) is 3.55. The van der Waals surface area contributed by atoms with E-state index in [2.05, 4.69) is 15.9 Å². The van der Waals surface area contributed by atoms with E-state index < -0.39 is 0 Å². The SMILES string of the molecule is CC(N)C1CCN(C(=O)c2cc3cc(Br)ccc3o2)CC1. The minimum absolute atomic E-state index is 0.0227. The molecule has 112 valence electrons. The summed E-state index contributed by atoms with van der Waals surface area (Å²) in [5.41, 5.74) is 6.68. The summed E-state index contributed by atoms with van der Waals surface area (Å²) >= 11 is 3.43. The Bertz CT molecular complexity index is 657. The van der Waals surface area contributed by atoms with Gasteiger partial charge in [-0.2, -0.15) is 0 Å². The second kappa shape index (κ2) is 5.81. The summed E-state index contributed by atoms with van der Waals surface area (Å²) in [4.78, 5) is 14.4. The van der Waals surface area contributed by atoms with Crippen LogP contribution in [0.25, 0.3) is 11.0 Å². The van der Waals surface area contributed by atoms with Gasteiger partial charge in [0, 0.05) is 29.0 Å². The molecule has 0 saturated carbocycles. The molecule has 2 heterocycles. The van der Waals surface area contributed by atoms with E-state index in [0.717, 1.165) is 41.4 Å². The van der Waals surface area contributed by atoms with Gasteiger partial charge in [0.25, 0.3) is 5.91 Å². The Labute approximate surface area is 132 Å². The Hall–Kier alpha value is -1.33. The lowest BCUT2D eigenvalue weighted by Gasteiger charge is -2.33. The number of piperidine rings is 1. The topological polar surface area (TPSA) is 59.5 Å².